The molecule has 0 radical (unpaired) electrons. The molecule has 0 heterocycles. The topological polar surface area (TPSA) is 26.0 Å². The van der Waals surface area contributed by atoms with Crippen molar-refractivity contribution in [2.24, 2.45) is 11.1 Å². The summed E-state index contributed by atoms with van der Waals surface area (Å²) in [7, 11) is 0. The van der Waals surface area contributed by atoms with Crippen LogP contribution >= 0.6 is 0 Å². The molecule has 0 aliphatic carbocycles. The van der Waals surface area contributed by atoms with Gasteiger partial charge < -0.3 is 5.73 Å². The van der Waals surface area contributed by atoms with Crippen molar-refractivity contribution in [1.29, 1.82) is 0 Å². The SMILES string of the molecule is CC(C)(C)CCCCCCCCCCCCCN. The summed E-state index contributed by atoms with van der Waals surface area (Å²) < 4.78 is 0. The molecule has 0 bridgehead atoms. The molecule has 1 nitrogen and oxygen atoms in total. The van der Waals surface area contributed by atoms with Gasteiger partial charge in [0, 0.05) is 0 Å². The quantitative estimate of drug-likeness (QED) is 0.447. The Labute approximate surface area is 116 Å². The van der Waals surface area contributed by atoms with E-state index < -0.39 is 0 Å². The molecule has 0 amide bonds. The van der Waals surface area contributed by atoms with Crippen molar-refractivity contribution in [1.82, 2.24) is 0 Å². The van der Waals surface area contributed by atoms with Crippen molar-refractivity contribution in [2.45, 2.75) is 97.8 Å². The Bertz CT molecular complexity index is 157. The lowest BCUT2D eigenvalue weighted by Gasteiger charge is -2.17. The zero-order valence-corrected chi connectivity index (χ0v) is 13.3. The van der Waals surface area contributed by atoms with Gasteiger partial charge in [0.1, 0.15) is 0 Å². The van der Waals surface area contributed by atoms with E-state index in [9.17, 15) is 0 Å². The Morgan fingerprint density at radius 3 is 1.22 bits per heavy atom. The van der Waals surface area contributed by atoms with Crippen molar-refractivity contribution in [3.05, 3.63) is 0 Å². The van der Waals surface area contributed by atoms with E-state index in [1.54, 1.807) is 0 Å². The van der Waals surface area contributed by atoms with E-state index in [0.29, 0.717) is 5.41 Å². The van der Waals surface area contributed by atoms with Gasteiger partial charge in [-0.25, -0.2) is 0 Å². The first kappa shape index (κ1) is 18.0. The molecule has 0 aromatic carbocycles. The molecular weight excluding hydrogens is 218 g/mol. The van der Waals surface area contributed by atoms with Crippen LogP contribution in [0.1, 0.15) is 97.8 Å². The van der Waals surface area contributed by atoms with Crippen LogP contribution in [0.4, 0.5) is 0 Å². The predicted molar refractivity (Wildman–Crippen MR) is 83.9 cm³/mol. The van der Waals surface area contributed by atoms with E-state index in [1.165, 1.54) is 77.0 Å². The maximum absolute atomic E-state index is 5.48. The van der Waals surface area contributed by atoms with Gasteiger partial charge in [-0.05, 0) is 24.8 Å². The van der Waals surface area contributed by atoms with Gasteiger partial charge in [0.05, 0.1) is 0 Å². The first-order valence-electron chi connectivity index (χ1n) is 8.26. The van der Waals surface area contributed by atoms with Crippen LogP contribution in [0, 0.1) is 5.41 Å². The molecule has 110 valence electrons. The van der Waals surface area contributed by atoms with E-state index >= 15 is 0 Å². The normalized spacial score (nSPS) is 12.0. The molecule has 2 N–H and O–H groups in total. The number of hydrogen-bond donors (Lipinski definition) is 1. The smallest absolute Gasteiger partial charge is 0.00773 e. The van der Waals surface area contributed by atoms with Crippen LogP contribution in [0.3, 0.4) is 0 Å². The number of nitrogens with two attached hydrogens (primary N) is 1. The van der Waals surface area contributed by atoms with E-state index in [4.69, 9.17) is 5.73 Å². The van der Waals surface area contributed by atoms with Gasteiger partial charge in [-0.3, -0.25) is 0 Å². The molecule has 0 saturated carbocycles. The summed E-state index contributed by atoms with van der Waals surface area (Å²) in [4.78, 5) is 0. The van der Waals surface area contributed by atoms with Crippen LogP contribution < -0.4 is 5.73 Å². The van der Waals surface area contributed by atoms with Gasteiger partial charge in [0.15, 0.2) is 0 Å². The van der Waals surface area contributed by atoms with Gasteiger partial charge in [0.2, 0.25) is 0 Å². The van der Waals surface area contributed by atoms with Crippen molar-refractivity contribution in [2.75, 3.05) is 6.54 Å². The van der Waals surface area contributed by atoms with Gasteiger partial charge in [-0.15, -0.1) is 0 Å². The first-order chi connectivity index (χ1) is 8.56. The first-order valence-corrected chi connectivity index (χ1v) is 8.26. The molecule has 0 atom stereocenters. The average molecular weight is 255 g/mol. The van der Waals surface area contributed by atoms with Crippen molar-refractivity contribution in [3.63, 3.8) is 0 Å². The minimum atomic E-state index is 0.531. The van der Waals surface area contributed by atoms with Crippen molar-refractivity contribution >= 4 is 0 Å². The predicted octanol–water partition coefficient (Wildman–Crippen LogP) is 5.67. The van der Waals surface area contributed by atoms with Crippen LogP contribution in [0.25, 0.3) is 0 Å². The Balaban J connectivity index is 2.99. The maximum atomic E-state index is 5.48. The lowest BCUT2D eigenvalue weighted by molar-refractivity contribution is 0.356. The number of hydrogen-bond acceptors (Lipinski definition) is 1. The van der Waals surface area contributed by atoms with Crippen LogP contribution in [-0.2, 0) is 0 Å². The molecule has 0 aliphatic rings. The molecule has 18 heavy (non-hydrogen) atoms. The Hall–Kier alpha value is -0.0400. The highest BCUT2D eigenvalue weighted by Crippen LogP contribution is 2.22. The van der Waals surface area contributed by atoms with E-state index in [1.807, 2.05) is 0 Å². The maximum Gasteiger partial charge on any atom is -0.00773 e. The summed E-state index contributed by atoms with van der Waals surface area (Å²) in [6.45, 7) is 7.90. The van der Waals surface area contributed by atoms with Crippen LogP contribution in [-0.4, -0.2) is 6.54 Å². The second kappa shape index (κ2) is 12.0. The molecule has 0 rings (SSSR count). The van der Waals surface area contributed by atoms with Crippen LogP contribution in [0.2, 0.25) is 0 Å². The van der Waals surface area contributed by atoms with Gasteiger partial charge in [0.25, 0.3) is 0 Å². The monoisotopic (exact) mass is 255 g/mol. The highest BCUT2D eigenvalue weighted by Gasteiger charge is 2.08. The third-order valence-corrected chi connectivity index (χ3v) is 3.63. The standard InChI is InChI=1S/C17H37N/c1-17(2,3)15-13-11-9-7-5-4-6-8-10-12-14-16-18/h4-16,18H2,1-3H3. The van der Waals surface area contributed by atoms with E-state index in [0.717, 1.165) is 6.54 Å². The minimum absolute atomic E-state index is 0.531. The second-order valence-electron chi connectivity index (χ2n) is 6.99. The molecule has 0 aromatic rings. The Morgan fingerprint density at radius 2 is 0.889 bits per heavy atom. The minimum Gasteiger partial charge on any atom is -0.330 e. The zero-order valence-electron chi connectivity index (χ0n) is 13.3. The van der Waals surface area contributed by atoms with E-state index in [-0.39, 0.29) is 0 Å². The van der Waals surface area contributed by atoms with Crippen molar-refractivity contribution in [3.8, 4) is 0 Å². The summed E-state index contributed by atoms with van der Waals surface area (Å²) in [6, 6.07) is 0. The lowest BCUT2D eigenvalue weighted by Crippen LogP contribution is -2.03. The highest BCUT2D eigenvalue weighted by molar-refractivity contribution is 4.61. The Morgan fingerprint density at radius 1 is 0.556 bits per heavy atom. The fraction of sp³-hybridized carbons (Fsp3) is 1.00. The summed E-state index contributed by atoms with van der Waals surface area (Å²) in [5, 5.41) is 0. The molecule has 1 heteroatoms. The zero-order chi connectivity index (χ0) is 13.7. The van der Waals surface area contributed by atoms with E-state index in [2.05, 4.69) is 20.8 Å². The fourth-order valence-electron chi connectivity index (χ4n) is 2.39. The molecule has 0 fully saturated rings. The molecular formula is C17H37N. The average Bonchev–Trinajstić information content (AvgIpc) is 2.29. The number of rotatable bonds is 12. The van der Waals surface area contributed by atoms with Gasteiger partial charge in [-0.2, -0.15) is 0 Å². The summed E-state index contributed by atoms with van der Waals surface area (Å²) in [5.74, 6) is 0. The van der Waals surface area contributed by atoms with Gasteiger partial charge >= 0.3 is 0 Å². The van der Waals surface area contributed by atoms with Crippen molar-refractivity contribution < 1.29 is 0 Å². The highest BCUT2D eigenvalue weighted by atomic mass is 14.5. The molecule has 0 aliphatic heterocycles. The fourth-order valence-corrected chi connectivity index (χ4v) is 2.39. The summed E-state index contributed by atoms with van der Waals surface area (Å²) in [5.41, 5.74) is 6.01. The Kier molecular flexibility index (Phi) is 12.0. The largest absolute Gasteiger partial charge is 0.330 e. The molecule has 0 spiro atoms. The molecule has 0 saturated heterocycles. The summed E-state index contributed by atoms with van der Waals surface area (Å²) >= 11 is 0. The molecule has 0 aromatic heterocycles. The third kappa shape index (κ3) is 16.0. The molecule has 0 unspecified atom stereocenters. The van der Waals surface area contributed by atoms with Crippen LogP contribution in [0.15, 0.2) is 0 Å². The second-order valence-corrected chi connectivity index (χ2v) is 6.99. The lowest BCUT2D eigenvalue weighted by atomic mass is 9.89. The number of unbranched alkanes of at least 4 members (excludes halogenated alkanes) is 10. The third-order valence-electron chi connectivity index (χ3n) is 3.63. The van der Waals surface area contributed by atoms with Crippen LogP contribution in [0.5, 0.6) is 0 Å². The summed E-state index contributed by atoms with van der Waals surface area (Å²) in [6.07, 6.45) is 16.8. The van der Waals surface area contributed by atoms with Gasteiger partial charge in [-0.1, -0.05) is 85.0 Å².